The predicted octanol–water partition coefficient (Wildman–Crippen LogP) is 3.19. The van der Waals surface area contributed by atoms with Gasteiger partial charge in [-0.15, -0.1) is 0 Å². The first kappa shape index (κ1) is 17.1. The van der Waals surface area contributed by atoms with Gasteiger partial charge in [-0.05, 0) is 42.7 Å². The summed E-state index contributed by atoms with van der Waals surface area (Å²) in [6.07, 6.45) is 9.42. The predicted molar refractivity (Wildman–Crippen MR) is 105 cm³/mol. The summed E-state index contributed by atoms with van der Waals surface area (Å²) in [6.45, 7) is 6.03. The molecule has 1 aliphatic heterocycles. The number of aromatic nitrogens is 2. The molecular formula is C21H29N5. The van der Waals surface area contributed by atoms with Crippen molar-refractivity contribution in [3.8, 4) is 0 Å². The molecule has 5 nitrogen and oxygen atoms in total. The van der Waals surface area contributed by atoms with Gasteiger partial charge in [0.2, 0.25) is 0 Å². The number of aliphatic imine (C=N–C) groups is 1. The Morgan fingerprint density at radius 3 is 2.77 bits per heavy atom. The van der Waals surface area contributed by atoms with Crippen LogP contribution in [-0.2, 0) is 13.1 Å². The molecule has 1 saturated heterocycles. The van der Waals surface area contributed by atoms with E-state index < -0.39 is 0 Å². The second-order valence-electron chi connectivity index (χ2n) is 7.85. The third kappa shape index (κ3) is 3.48. The number of likely N-dealkylation sites (tertiary alicyclic amines) is 1. The zero-order valence-electron chi connectivity index (χ0n) is 15.9. The minimum Gasteiger partial charge on any atom is -0.352 e. The van der Waals surface area contributed by atoms with Gasteiger partial charge in [0, 0.05) is 45.6 Å². The van der Waals surface area contributed by atoms with E-state index in [1.54, 1.807) is 0 Å². The number of nitrogens with zero attached hydrogens (tertiary/aromatic N) is 4. The van der Waals surface area contributed by atoms with Gasteiger partial charge in [-0.25, -0.2) is 4.98 Å². The van der Waals surface area contributed by atoms with E-state index >= 15 is 0 Å². The maximum absolute atomic E-state index is 4.52. The first-order chi connectivity index (χ1) is 12.7. The average molecular weight is 351 g/mol. The van der Waals surface area contributed by atoms with Gasteiger partial charge in [-0.2, -0.15) is 0 Å². The molecule has 4 rings (SSSR count). The molecule has 1 spiro atoms. The van der Waals surface area contributed by atoms with Crippen molar-refractivity contribution in [3.05, 3.63) is 53.6 Å². The summed E-state index contributed by atoms with van der Waals surface area (Å²) in [6, 6.07) is 8.78. The lowest BCUT2D eigenvalue weighted by molar-refractivity contribution is 0.151. The van der Waals surface area contributed by atoms with Crippen LogP contribution in [0.15, 0.2) is 41.7 Å². The molecule has 1 aromatic carbocycles. The zero-order valence-corrected chi connectivity index (χ0v) is 15.9. The second kappa shape index (κ2) is 7.14. The van der Waals surface area contributed by atoms with Crippen LogP contribution in [0.25, 0.3) is 0 Å². The molecule has 0 bridgehead atoms. The molecule has 1 N–H and O–H groups in total. The highest BCUT2D eigenvalue weighted by Crippen LogP contribution is 2.47. The van der Waals surface area contributed by atoms with E-state index in [4.69, 9.17) is 0 Å². The number of guanidine groups is 1. The lowest BCUT2D eigenvalue weighted by Crippen LogP contribution is -2.42. The molecule has 2 aromatic rings. The Hall–Kier alpha value is -2.30. The fourth-order valence-corrected chi connectivity index (χ4v) is 4.32. The van der Waals surface area contributed by atoms with Crippen LogP contribution in [0.2, 0.25) is 0 Å². The first-order valence-electron chi connectivity index (χ1n) is 9.69. The second-order valence-corrected chi connectivity index (χ2v) is 7.85. The van der Waals surface area contributed by atoms with Gasteiger partial charge in [0.25, 0.3) is 0 Å². The summed E-state index contributed by atoms with van der Waals surface area (Å²) >= 11 is 0. The lowest BCUT2D eigenvalue weighted by Gasteiger charge is -2.38. The average Bonchev–Trinajstić information content (AvgIpc) is 3.23. The highest BCUT2D eigenvalue weighted by atomic mass is 15.3. The summed E-state index contributed by atoms with van der Waals surface area (Å²) in [5.74, 6) is 2.09. The van der Waals surface area contributed by atoms with E-state index in [2.05, 4.69) is 49.0 Å². The Labute approximate surface area is 156 Å². The Morgan fingerprint density at radius 1 is 1.27 bits per heavy atom. The molecule has 0 radical (unpaired) electrons. The summed E-state index contributed by atoms with van der Waals surface area (Å²) in [7, 11) is 1.90. The van der Waals surface area contributed by atoms with E-state index in [9.17, 15) is 0 Å². The minimum atomic E-state index is 0.597. The molecule has 1 saturated carbocycles. The number of imidazole rings is 1. The van der Waals surface area contributed by atoms with Crippen LogP contribution in [0.1, 0.15) is 42.6 Å². The van der Waals surface area contributed by atoms with Crippen molar-refractivity contribution in [3.63, 3.8) is 0 Å². The normalized spacial score (nSPS) is 19.0. The maximum atomic E-state index is 4.52. The number of benzene rings is 1. The highest BCUT2D eigenvalue weighted by Gasteiger charge is 2.43. The molecule has 138 valence electrons. The van der Waals surface area contributed by atoms with Gasteiger partial charge < -0.3 is 14.8 Å². The monoisotopic (exact) mass is 351 g/mol. The number of hydrogen-bond acceptors (Lipinski definition) is 2. The molecular weight excluding hydrogens is 322 g/mol. The van der Waals surface area contributed by atoms with Gasteiger partial charge >= 0.3 is 0 Å². The van der Waals surface area contributed by atoms with Crippen molar-refractivity contribution in [2.45, 2.75) is 45.7 Å². The van der Waals surface area contributed by atoms with Crippen LogP contribution in [0, 0.1) is 12.3 Å². The first-order valence-corrected chi connectivity index (χ1v) is 9.69. The molecule has 5 heteroatoms. The molecule has 2 aliphatic rings. The Balaban J connectivity index is 1.36. The van der Waals surface area contributed by atoms with Crippen LogP contribution in [0.3, 0.4) is 0 Å². The van der Waals surface area contributed by atoms with Crippen LogP contribution >= 0.6 is 0 Å². The van der Waals surface area contributed by atoms with Crippen molar-refractivity contribution < 1.29 is 0 Å². The van der Waals surface area contributed by atoms with Crippen LogP contribution in [0.4, 0.5) is 0 Å². The Kier molecular flexibility index (Phi) is 4.70. The minimum absolute atomic E-state index is 0.597. The van der Waals surface area contributed by atoms with Crippen LogP contribution < -0.4 is 5.32 Å². The van der Waals surface area contributed by atoms with Crippen molar-refractivity contribution in [2.24, 2.45) is 10.4 Å². The third-order valence-corrected chi connectivity index (χ3v) is 6.08. The van der Waals surface area contributed by atoms with Gasteiger partial charge in [-0.3, -0.25) is 4.99 Å². The quantitative estimate of drug-likeness (QED) is 0.680. The SMILES string of the molecule is CN=C(NCc1cccc(Cn2ccnc2C)c1)N1CCC2(CCC2)C1. The lowest BCUT2D eigenvalue weighted by atomic mass is 9.68. The van der Waals surface area contributed by atoms with Crippen LogP contribution in [-0.4, -0.2) is 40.5 Å². The maximum Gasteiger partial charge on any atom is 0.193 e. The number of hydrogen-bond donors (Lipinski definition) is 1. The fraction of sp³-hybridized carbons (Fsp3) is 0.524. The van der Waals surface area contributed by atoms with E-state index in [1.165, 1.54) is 43.4 Å². The van der Waals surface area contributed by atoms with Gasteiger partial charge in [0.1, 0.15) is 5.82 Å². The van der Waals surface area contributed by atoms with Gasteiger partial charge in [-0.1, -0.05) is 30.7 Å². The largest absolute Gasteiger partial charge is 0.352 e. The van der Waals surface area contributed by atoms with Gasteiger partial charge in [0.05, 0.1) is 0 Å². The standard InChI is InChI=1S/C21H29N5/c1-17-23-10-12-25(17)15-19-6-3-5-18(13-19)14-24-20(22-2)26-11-9-21(16-26)7-4-8-21/h3,5-6,10,12-13H,4,7-9,11,14-16H2,1-2H3,(H,22,24). The van der Waals surface area contributed by atoms with E-state index in [-0.39, 0.29) is 0 Å². The van der Waals surface area contributed by atoms with Crippen molar-refractivity contribution in [1.82, 2.24) is 19.8 Å². The van der Waals surface area contributed by atoms with Crippen molar-refractivity contribution >= 4 is 5.96 Å². The van der Waals surface area contributed by atoms with Gasteiger partial charge in [0.15, 0.2) is 5.96 Å². The fourth-order valence-electron chi connectivity index (χ4n) is 4.32. The van der Waals surface area contributed by atoms with Crippen molar-refractivity contribution in [1.29, 1.82) is 0 Å². The van der Waals surface area contributed by atoms with E-state index in [0.717, 1.165) is 31.4 Å². The Morgan fingerprint density at radius 2 is 2.12 bits per heavy atom. The Bertz CT molecular complexity index is 787. The van der Waals surface area contributed by atoms with Crippen LogP contribution in [0.5, 0.6) is 0 Å². The van der Waals surface area contributed by atoms with E-state index in [1.807, 2.05) is 26.4 Å². The molecule has 0 amide bonds. The summed E-state index contributed by atoms with van der Waals surface area (Å²) in [5, 5.41) is 3.57. The molecule has 0 unspecified atom stereocenters. The summed E-state index contributed by atoms with van der Waals surface area (Å²) in [5.41, 5.74) is 3.19. The molecule has 1 aromatic heterocycles. The number of aryl methyl sites for hydroxylation is 1. The number of nitrogens with one attached hydrogen (secondary N) is 1. The highest BCUT2D eigenvalue weighted by molar-refractivity contribution is 5.80. The zero-order chi connectivity index (χ0) is 18.0. The molecule has 1 aliphatic carbocycles. The van der Waals surface area contributed by atoms with E-state index in [0.29, 0.717) is 5.41 Å². The molecule has 26 heavy (non-hydrogen) atoms. The number of rotatable bonds is 4. The topological polar surface area (TPSA) is 45.5 Å². The summed E-state index contributed by atoms with van der Waals surface area (Å²) in [4.78, 5) is 11.3. The molecule has 2 fully saturated rings. The smallest absolute Gasteiger partial charge is 0.193 e. The summed E-state index contributed by atoms with van der Waals surface area (Å²) < 4.78 is 2.17. The molecule has 0 atom stereocenters. The van der Waals surface area contributed by atoms with Crippen molar-refractivity contribution in [2.75, 3.05) is 20.1 Å². The third-order valence-electron chi connectivity index (χ3n) is 6.08. The molecule has 2 heterocycles.